The molecule has 0 amide bonds. The second-order valence-corrected chi connectivity index (χ2v) is 5.80. The largest absolute Gasteiger partial charge is 0.493 e. The van der Waals surface area contributed by atoms with Gasteiger partial charge in [0.25, 0.3) is 0 Å². The Kier molecular flexibility index (Phi) is 4.61. The molecule has 2 heterocycles. The van der Waals surface area contributed by atoms with Gasteiger partial charge in [0, 0.05) is 24.9 Å². The van der Waals surface area contributed by atoms with Gasteiger partial charge in [-0.2, -0.15) is 0 Å². The lowest BCUT2D eigenvalue weighted by atomic mass is 9.93. The van der Waals surface area contributed by atoms with E-state index in [1.54, 1.807) is 6.26 Å². The third-order valence-electron chi connectivity index (χ3n) is 4.20. The summed E-state index contributed by atoms with van der Waals surface area (Å²) in [7, 11) is 0. The fourth-order valence-corrected chi connectivity index (χ4v) is 2.89. The minimum atomic E-state index is 0.491. The molecule has 0 aliphatic carbocycles. The zero-order valence-corrected chi connectivity index (χ0v) is 12.5. The first-order valence-electron chi connectivity index (χ1n) is 7.80. The van der Waals surface area contributed by atoms with Crippen molar-refractivity contribution in [2.75, 3.05) is 13.2 Å². The Labute approximate surface area is 126 Å². The van der Waals surface area contributed by atoms with E-state index in [2.05, 4.69) is 30.4 Å². The molecule has 2 atom stereocenters. The summed E-state index contributed by atoms with van der Waals surface area (Å²) in [5.74, 6) is 2.68. The van der Waals surface area contributed by atoms with Gasteiger partial charge < -0.3 is 14.5 Å². The van der Waals surface area contributed by atoms with Gasteiger partial charge in [0.2, 0.25) is 0 Å². The zero-order valence-electron chi connectivity index (χ0n) is 12.5. The molecular weight excluding hydrogens is 262 g/mol. The highest BCUT2D eigenvalue weighted by atomic mass is 16.5. The number of rotatable bonds is 6. The second-order valence-electron chi connectivity index (χ2n) is 5.80. The van der Waals surface area contributed by atoms with Gasteiger partial charge in [0.1, 0.15) is 11.5 Å². The molecule has 1 aromatic carbocycles. The zero-order chi connectivity index (χ0) is 14.5. The lowest BCUT2D eigenvalue weighted by Gasteiger charge is -2.27. The van der Waals surface area contributed by atoms with Crippen molar-refractivity contribution in [3.05, 3.63) is 54.0 Å². The maximum atomic E-state index is 5.72. The van der Waals surface area contributed by atoms with Crippen LogP contribution in [0.25, 0.3) is 0 Å². The molecule has 0 radical (unpaired) electrons. The monoisotopic (exact) mass is 285 g/mol. The summed E-state index contributed by atoms with van der Waals surface area (Å²) in [6.45, 7) is 4.08. The second kappa shape index (κ2) is 6.81. The van der Waals surface area contributed by atoms with Crippen LogP contribution in [-0.4, -0.2) is 19.2 Å². The number of nitrogens with one attached hydrogen (secondary N) is 1. The minimum absolute atomic E-state index is 0.491. The molecule has 112 valence electrons. The van der Waals surface area contributed by atoms with Crippen molar-refractivity contribution in [2.24, 2.45) is 0 Å². The highest BCUT2D eigenvalue weighted by molar-refractivity contribution is 5.37. The Morgan fingerprint density at radius 2 is 2.14 bits per heavy atom. The van der Waals surface area contributed by atoms with Crippen LogP contribution in [0.15, 0.2) is 47.1 Å². The molecule has 2 unspecified atom stereocenters. The number of ether oxygens (including phenoxy) is 1. The van der Waals surface area contributed by atoms with Gasteiger partial charge in [0.05, 0.1) is 12.9 Å². The Hall–Kier alpha value is -1.74. The lowest BCUT2D eigenvalue weighted by molar-refractivity contribution is 0.262. The molecule has 0 spiro atoms. The lowest BCUT2D eigenvalue weighted by Crippen LogP contribution is -2.32. The van der Waals surface area contributed by atoms with Crippen molar-refractivity contribution in [3.8, 4) is 5.75 Å². The van der Waals surface area contributed by atoms with Gasteiger partial charge >= 0.3 is 0 Å². The van der Waals surface area contributed by atoms with E-state index in [-0.39, 0.29) is 0 Å². The third-order valence-corrected chi connectivity index (χ3v) is 4.20. The summed E-state index contributed by atoms with van der Waals surface area (Å²) in [4.78, 5) is 0. The molecule has 0 fully saturated rings. The van der Waals surface area contributed by atoms with Crippen LogP contribution in [0.4, 0.5) is 0 Å². The molecule has 1 aliphatic rings. The molecule has 0 bridgehead atoms. The van der Waals surface area contributed by atoms with Crippen molar-refractivity contribution in [1.29, 1.82) is 0 Å². The van der Waals surface area contributed by atoms with Gasteiger partial charge in [-0.3, -0.25) is 0 Å². The van der Waals surface area contributed by atoms with Crippen molar-refractivity contribution < 1.29 is 9.15 Å². The summed E-state index contributed by atoms with van der Waals surface area (Å²) >= 11 is 0. The predicted molar refractivity (Wildman–Crippen MR) is 83.8 cm³/mol. The summed E-state index contributed by atoms with van der Waals surface area (Å²) in [5, 5.41) is 3.66. The molecule has 21 heavy (non-hydrogen) atoms. The van der Waals surface area contributed by atoms with Gasteiger partial charge in [0.15, 0.2) is 0 Å². The van der Waals surface area contributed by atoms with E-state index in [0.29, 0.717) is 12.0 Å². The summed E-state index contributed by atoms with van der Waals surface area (Å²) in [5.41, 5.74) is 1.34. The van der Waals surface area contributed by atoms with E-state index in [1.165, 1.54) is 5.56 Å². The van der Waals surface area contributed by atoms with Crippen LogP contribution in [-0.2, 0) is 6.42 Å². The standard InChI is InChI=1S/C18H23NO2/c1-14(8-9-16-5-4-11-20-16)19-13-15-10-12-21-18-7-3-2-6-17(15)18/h2-7,11,14-15,19H,8-10,12-13H2,1H3. The van der Waals surface area contributed by atoms with Crippen LogP contribution in [0, 0.1) is 0 Å². The maximum absolute atomic E-state index is 5.72. The van der Waals surface area contributed by atoms with E-state index in [4.69, 9.17) is 9.15 Å². The molecule has 3 nitrogen and oxygen atoms in total. The number of hydrogen-bond acceptors (Lipinski definition) is 3. The molecular formula is C18H23NO2. The number of fused-ring (bicyclic) bond motifs is 1. The fourth-order valence-electron chi connectivity index (χ4n) is 2.89. The molecule has 2 aromatic rings. The Morgan fingerprint density at radius 1 is 1.24 bits per heavy atom. The van der Waals surface area contributed by atoms with Gasteiger partial charge in [-0.25, -0.2) is 0 Å². The third kappa shape index (κ3) is 3.67. The topological polar surface area (TPSA) is 34.4 Å². The van der Waals surface area contributed by atoms with Crippen LogP contribution >= 0.6 is 0 Å². The van der Waals surface area contributed by atoms with E-state index in [1.807, 2.05) is 18.2 Å². The van der Waals surface area contributed by atoms with Crippen molar-refractivity contribution in [2.45, 2.75) is 38.1 Å². The normalized spacial score (nSPS) is 18.8. The Bertz CT molecular complexity index is 550. The summed E-state index contributed by atoms with van der Waals surface area (Å²) in [6, 6.07) is 12.9. The van der Waals surface area contributed by atoms with Gasteiger partial charge in [-0.1, -0.05) is 18.2 Å². The number of para-hydroxylation sites is 1. The molecule has 3 rings (SSSR count). The van der Waals surface area contributed by atoms with E-state index >= 15 is 0 Å². The molecule has 0 saturated carbocycles. The molecule has 1 aliphatic heterocycles. The van der Waals surface area contributed by atoms with Crippen molar-refractivity contribution in [1.82, 2.24) is 5.32 Å². The maximum Gasteiger partial charge on any atom is 0.122 e. The minimum Gasteiger partial charge on any atom is -0.493 e. The average molecular weight is 285 g/mol. The van der Waals surface area contributed by atoms with Crippen LogP contribution in [0.5, 0.6) is 5.75 Å². The molecule has 3 heteroatoms. The summed E-state index contributed by atoms with van der Waals surface area (Å²) < 4.78 is 11.1. The first-order valence-corrected chi connectivity index (χ1v) is 7.80. The fraction of sp³-hybridized carbons (Fsp3) is 0.444. The van der Waals surface area contributed by atoms with Crippen molar-refractivity contribution in [3.63, 3.8) is 0 Å². The van der Waals surface area contributed by atoms with Crippen LogP contribution in [0.3, 0.4) is 0 Å². The van der Waals surface area contributed by atoms with Crippen LogP contribution in [0.2, 0.25) is 0 Å². The first kappa shape index (κ1) is 14.2. The van der Waals surface area contributed by atoms with Crippen LogP contribution in [0.1, 0.15) is 37.0 Å². The smallest absolute Gasteiger partial charge is 0.122 e. The molecule has 0 saturated heterocycles. The van der Waals surface area contributed by atoms with E-state index in [0.717, 1.165) is 43.9 Å². The Balaban J connectivity index is 1.49. The SMILES string of the molecule is CC(CCc1ccco1)NCC1CCOc2ccccc21. The first-order chi connectivity index (χ1) is 10.3. The Morgan fingerprint density at radius 3 is 3.00 bits per heavy atom. The highest BCUT2D eigenvalue weighted by Gasteiger charge is 2.21. The van der Waals surface area contributed by atoms with Crippen molar-refractivity contribution >= 4 is 0 Å². The highest BCUT2D eigenvalue weighted by Crippen LogP contribution is 2.32. The molecule has 1 aromatic heterocycles. The number of benzene rings is 1. The van der Waals surface area contributed by atoms with Gasteiger partial charge in [-0.15, -0.1) is 0 Å². The average Bonchev–Trinajstić information content (AvgIpc) is 3.04. The van der Waals surface area contributed by atoms with Crippen LogP contribution < -0.4 is 10.1 Å². The van der Waals surface area contributed by atoms with E-state index in [9.17, 15) is 0 Å². The number of furan rings is 1. The number of hydrogen-bond donors (Lipinski definition) is 1. The molecule has 1 N–H and O–H groups in total. The quantitative estimate of drug-likeness (QED) is 0.877. The predicted octanol–water partition coefficient (Wildman–Crippen LogP) is 3.76. The van der Waals surface area contributed by atoms with E-state index < -0.39 is 0 Å². The summed E-state index contributed by atoms with van der Waals surface area (Å²) in [6.07, 6.45) is 4.92. The number of aryl methyl sites for hydroxylation is 1. The van der Waals surface area contributed by atoms with Gasteiger partial charge in [-0.05, 0) is 43.5 Å².